The van der Waals surface area contributed by atoms with Crippen LogP contribution in [-0.4, -0.2) is 27.5 Å². The molecule has 6 aromatic rings. The maximum atomic E-state index is 14.0. The van der Waals surface area contributed by atoms with Crippen molar-refractivity contribution in [2.75, 3.05) is 5.32 Å². The van der Waals surface area contributed by atoms with E-state index >= 15 is 0 Å². The summed E-state index contributed by atoms with van der Waals surface area (Å²) in [6.45, 7) is 2.00. The summed E-state index contributed by atoms with van der Waals surface area (Å²) in [5.74, 6) is -1.01. The number of nitrogens with one attached hydrogen (secondary N) is 2. The summed E-state index contributed by atoms with van der Waals surface area (Å²) in [4.78, 5) is 41.4. The molecule has 2 N–H and O–H groups in total. The van der Waals surface area contributed by atoms with Crippen molar-refractivity contribution in [3.05, 3.63) is 148 Å². The lowest BCUT2D eigenvalue weighted by atomic mass is 10.1. The number of hydrogen-bond acceptors (Lipinski definition) is 4. The van der Waals surface area contributed by atoms with E-state index in [2.05, 4.69) is 10.6 Å². The molecular formula is C38H29Cl2N3O3S. The molecule has 0 aliphatic rings. The number of hydrogen-bond donors (Lipinski definition) is 2. The fourth-order valence-corrected chi connectivity index (χ4v) is 6.83. The minimum absolute atomic E-state index is 0.00875. The van der Waals surface area contributed by atoms with E-state index in [9.17, 15) is 14.4 Å². The molecule has 0 saturated heterocycles. The molecule has 9 heteroatoms. The first kappa shape index (κ1) is 32.1. The lowest BCUT2D eigenvalue weighted by molar-refractivity contribution is -0.113. The van der Waals surface area contributed by atoms with Gasteiger partial charge in [0.15, 0.2) is 0 Å². The number of anilines is 1. The molecule has 0 fully saturated rings. The van der Waals surface area contributed by atoms with Gasteiger partial charge < -0.3 is 10.6 Å². The van der Waals surface area contributed by atoms with Gasteiger partial charge in [0, 0.05) is 42.5 Å². The number of nitrogens with zero attached hydrogens (tertiary/aromatic N) is 1. The van der Waals surface area contributed by atoms with Gasteiger partial charge in [0.25, 0.3) is 11.8 Å². The van der Waals surface area contributed by atoms with Crippen molar-refractivity contribution in [2.45, 2.75) is 23.5 Å². The molecule has 47 heavy (non-hydrogen) atoms. The van der Waals surface area contributed by atoms with Gasteiger partial charge in [0.1, 0.15) is 5.70 Å². The van der Waals surface area contributed by atoms with Crippen LogP contribution in [0.4, 0.5) is 5.69 Å². The van der Waals surface area contributed by atoms with Gasteiger partial charge in [0.05, 0.1) is 16.3 Å². The van der Waals surface area contributed by atoms with Gasteiger partial charge in [0.2, 0.25) is 5.91 Å². The molecule has 2 amide bonds. The van der Waals surface area contributed by atoms with E-state index in [1.165, 1.54) is 17.8 Å². The lowest BCUT2D eigenvalue weighted by Crippen LogP contribution is -2.30. The fourth-order valence-electron chi connectivity index (χ4n) is 5.33. The zero-order valence-corrected chi connectivity index (χ0v) is 27.6. The summed E-state index contributed by atoms with van der Waals surface area (Å²) >= 11 is 14.2. The Morgan fingerprint density at radius 1 is 0.745 bits per heavy atom. The predicted molar refractivity (Wildman–Crippen MR) is 193 cm³/mol. The molecule has 6 rings (SSSR count). The van der Waals surface area contributed by atoms with Gasteiger partial charge in [-0.3, -0.25) is 19.0 Å². The second-order valence-electron chi connectivity index (χ2n) is 10.7. The number of carbonyl (C=O) groups excluding carboxylic acids is 3. The molecule has 0 saturated carbocycles. The van der Waals surface area contributed by atoms with E-state index in [4.69, 9.17) is 23.2 Å². The van der Waals surface area contributed by atoms with Crippen LogP contribution in [-0.2, 0) is 4.79 Å². The number of benzene rings is 5. The highest BCUT2D eigenvalue weighted by Gasteiger charge is 2.24. The predicted octanol–water partition coefficient (Wildman–Crippen LogP) is 9.72. The van der Waals surface area contributed by atoms with Crippen molar-refractivity contribution in [2.24, 2.45) is 0 Å². The summed E-state index contributed by atoms with van der Waals surface area (Å²) in [5.41, 5.74) is 3.04. The monoisotopic (exact) mass is 677 g/mol. The Bertz CT molecular complexity index is 2070. The third-order valence-electron chi connectivity index (χ3n) is 7.65. The summed E-state index contributed by atoms with van der Waals surface area (Å²) < 4.78 is 1.82. The van der Waals surface area contributed by atoms with Crippen molar-refractivity contribution < 1.29 is 14.4 Å². The van der Waals surface area contributed by atoms with Gasteiger partial charge in [-0.15, -0.1) is 11.8 Å². The molecule has 0 radical (unpaired) electrons. The Kier molecular flexibility index (Phi) is 9.78. The number of thioether (sulfide) groups is 1. The normalized spacial score (nSPS) is 12.2. The molecule has 1 unspecified atom stereocenters. The highest BCUT2D eigenvalue weighted by molar-refractivity contribution is 8.00. The maximum Gasteiger partial charge on any atom is 0.272 e. The Morgan fingerprint density at radius 3 is 1.91 bits per heavy atom. The van der Waals surface area contributed by atoms with Crippen LogP contribution >= 0.6 is 35.0 Å². The largest absolute Gasteiger partial charge is 0.321 e. The van der Waals surface area contributed by atoms with Gasteiger partial charge in [-0.1, -0.05) is 90.8 Å². The molecule has 1 atom stereocenters. The summed E-state index contributed by atoms with van der Waals surface area (Å²) in [7, 11) is 0. The van der Waals surface area contributed by atoms with Crippen LogP contribution in [0, 0.1) is 0 Å². The second-order valence-corrected chi connectivity index (χ2v) is 12.8. The first-order valence-electron chi connectivity index (χ1n) is 15.0. The summed E-state index contributed by atoms with van der Waals surface area (Å²) in [6, 6.07) is 36.7. The maximum absolute atomic E-state index is 14.0. The smallest absolute Gasteiger partial charge is 0.272 e. The van der Waals surface area contributed by atoms with E-state index < -0.39 is 11.8 Å². The number of aromatic nitrogens is 1. The SMILES string of the molecule is CCC(Sc1ccc(NC(=O)/C(=C/c2c(Cl)cccc2Cl)NC(=O)c2ccccc2)cc1)C(=O)n1c2ccccc2c2ccccc21. The van der Waals surface area contributed by atoms with Crippen LogP contribution in [0.1, 0.15) is 34.1 Å². The van der Waals surface area contributed by atoms with Crippen LogP contribution in [0.15, 0.2) is 132 Å². The Morgan fingerprint density at radius 2 is 1.32 bits per heavy atom. The molecule has 1 heterocycles. The van der Waals surface area contributed by atoms with Gasteiger partial charge in [-0.05, 0) is 73.2 Å². The molecule has 0 spiro atoms. The molecule has 6 nitrogen and oxygen atoms in total. The van der Waals surface area contributed by atoms with Crippen molar-refractivity contribution in [3.63, 3.8) is 0 Å². The zero-order valence-electron chi connectivity index (χ0n) is 25.2. The Balaban J connectivity index is 1.21. The number of halogens is 2. The average molecular weight is 679 g/mol. The number of carbonyl (C=O) groups is 3. The summed E-state index contributed by atoms with van der Waals surface area (Å²) in [5, 5.41) is 7.97. The average Bonchev–Trinajstić information content (AvgIpc) is 3.43. The highest BCUT2D eigenvalue weighted by atomic mass is 35.5. The third-order valence-corrected chi connectivity index (χ3v) is 9.68. The molecule has 234 valence electrons. The highest BCUT2D eigenvalue weighted by Crippen LogP contribution is 2.33. The quantitative estimate of drug-likeness (QED) is 0.118. The Labute approximate surface area is 286 Å². The van der Waals surface area contributed by atoms with Crippen LogP contribution in [0.2, 0.25) is 10.0 Å². The topological polar surface area (TPSA) is 80.2 Å². The number of fused-ring (bicyclic) bond motifs is 3. The number of rotatable bonds is 9. The van der Waals surface area contributed by atoms with E-state index in [1.807, 2.05) is 72.2 Å². The number of amides is 2. The van der Waals surface area contributed by atoms with Crippen molar-refractivity contribution in [1.29, 1.82) is 0 Å². The van der Waals surface area contributed by atoms with E-state index in [1.54, 1.807) is 60.7 Å². The van der Waals surface area contributed by atoms with Crippen molar-refractivity contribution in [3.8, 4) is 0 Å². The minimum atomic E-state index is -0.557. The van der Waals surface area contributed by atoms with Crippen molar-refractivity contribution >= 4 is 86.3 Å². The van der Waals surface area contributed by atoms with Gasteiger partial charge in [-0.25, -0.2) is 0 Å². The fraction of sp³-hybridized carbons (Fsp3) is 0.0789. The van der Waals surface area contributed by atoms with E-state index in [0.717, 1.165) is 26.7 Å². The van der Waals surface area contributed by atoms with Gasteiger partial charge >= 0.3 is 0 Å². The molecule has 0 aliphatic carbocycles. The Hall–Kier alpha value is -4.82. The van der Waals surface area contributed by atoms with Crippen LogP contribution in [0.3, 0.4) is 0 Å². The molecule has 5 aromatic carbocycles. The van der Waals surface area contributed by atoms with Crippen LogP contribution in [0.25, 0.3) is 27.9 Å². The zero-order chi connectivity index (χ0) is 32.9. The first-order chi connectivity index (χ1) is 22.8. The molecule has 1 aromatic heterocycles. The third kappa shape index (κ3) is 6.98. The summed E-state index contributed by atoms with van der Waals surface area (Å²) in [6.07, 6.45) is 2.08. The van der Waals surface area contributed by atoms with E-state index in [-0.39, 0.29) is 16.9 Å². The first-order valence-corrected chi connectivity index (χ1v) is 16.6. The number of para-hydroxylation sites is 2. The standard InChI is InChI=1S/C38H29Cl2N3O3S/c1-2-35(38(46)43-33-17-8-6-13-27(33)28-14-7-9-18-34(28)43)47-26-21-19-25(20-22-26)41-37(45)32(23-29-30(39)15-10-16-31(29)40)42-36(44)24-11-4-3-5-12-24/h3-23,35H,2H2,1H3,(H,41,45)(H,42,44)/b32-23-. The van der Waals surface area contributed by atoms with Crippen LogP contribution in [0.5, 0.6) is 0 Å². The van der Waals surface area contributed by atoms with Gasteiger partial charge in [-0.2, -0.15) is 0 Å². The van der Waals surface area contributed by atoms with E-state index in [0.29, 0.717) is 33.3 Å². The molecule has 0 aliphatic heterocycles. The molecule has 0 bridgehead atoms. The molecular weight excluding hydrogens is 649 g/mol. The lowest BCUT2D eigenvalue weighted by Gasteiger charge is -2.16. The minimum Gasteiger partial charge on any atom is -0.321 e. The second kappa shape index (κ2) is 14.3. The van der Waals surface area contributed by atoms with Crippen molar-refractivity contribution in [1.82, 2.24) is 9.88 Å². The van der Waals surface area contributed by atoms with Crippen LogP contribution < -0.4 is 10.6 Å².